The number of carbonyl (C=O) groups excluding carboxylic acids is 2. The fourth-order valence-corrected chi connectivity index (χ4v) is 4.19. The van der Waals surface area contributed by atoms with Gasteiger partial charge >= 0.3 is 0 Å². The van der Waals surface area contributed by atoms with Gasteiger partial charge in [0.05, 0.1) is 6.42 Å². The Labute approximate surface area is 191 Å². The Balaban J connectivity index is 2.39. The fraction of sp³-hybridized carbons (Fsp3) is 0.714. The van der Waals surface area contributed by atoms with Gasteiger partial charge in [-0.15, -0.1) is 0 Å². The van der Waals surface area contributed by atoms with Crippen LogP contribution >= 0.6 is 0 Å². The zero-order valence-corrected chi connectivity index (χ0v) is 20.3. The smallest absolute Gasteiger partial charge is 0.231 e. The van der Waals surface area contributed by atoms with Crippen molar-refractivity contribution in [2.45, 2.75) is 123 Å². The van der Waals surface area contributed by atoms with E-state index in [9.17, 15) is 9.59 Å². The van der Waals surface area contributed by atoms with Crippen LogP contribution in [0.3, 0.4) is 0 Å². The number of benzene rings is 1. The number of Topliss-reactive ketones (excluding diaryl/α,β-unsaturated/α-hetero) is 1. The molecule has 1 aromatic carbocycles. The molecule has 1 N–H and O–H groups in total. The molecule has 0 saturated heterocycles. The third kappa shape index (κ3) is 14.9. The summed E-state index contributed by atoms with van der Waals surface area (Å²) in [6.07, 6.45) is 19.6. The van der Waals surface area contributed by atoms with Crippen molar-refractivity contribution in [3.05, 3.63) is 30.3 Å². The predicted octanol–water partition coefficient (Wildman–Crippen LogP) is 8.48. The summed E-state index contributed by atoms with van der Waals surface area (Å²) in [6.45, 7) is 4.49. The first kappa shape index (κ1) is 27.4. The van der Waals surface area contributed by atoms with Crippen LogP contribution in [0.2, 0.25) is 0 Å². The third-order valence-electron chi connectivity index (χ3n) is 6.16. The summed E-state index contributed by atoms with van der Waals surface area (Å²) in [5, 5.41) is 2.86. The summed E-state index contributed by atoms with van der Waals surface area (Å²) in [6, 6.07) is 9.41. The lowest BCUT2D eigenvalue weighted by Crippen LogP contribution is -2.22. The molecule has 31 heavy (non-hydrogen) atoms. The molecule has 1 amide bonds. The van der Waals surface area contributed by atoms with Gasteiger partial charge in [0.15, 0.2) is 0 Å². The van der Waals surface area contributed by atoms with E-state index >= 15 is 0 Å². The van der Waals surface area contributed by atoms with Gasteiger partial charge in [-0.05, 0) is 25.0 Å². The van der Waals surface area contributed by atoms with Crippen LogP contribution in [0, 0.1) is 5.92 Å². The first-order valence-electron chi connectivity index (χ1n) is 13.0. The lowest BCUT2D eigenvalue weighted by atomic mass is 9.89. The van der Waals surface area contributed by atoms with E-state index in [-0.39, 0.29) is 24.0 Å². The number of unbranched alkanes of at least 4 members (excludes halogenated alkanes) is 12. The Morgan fingerprint density at radius 2 is 1.13 bits per heavy atom. The van der Waals surface area contributed by atoms with Crippen LogP contribution in [-0.4, -0.2) is 11.7 Å². The number of carbonyl (C=O) groups is 2. The van der Waals surface area contributed by atoms with E-state index in [0.29, 0.717) is 0 Å². The molecule has 3 heteroatoms. The van der Waals surface area contributed by atoms with Crippen molar-refractivity contribution in [2.24, 2.45) is 5.92 Å². The second-order valence-electron chi connectivity index (χ2n) is 9.07. The molecular formula is C28H47NO2. The number of nitrogens with one attached hydrogen (secondary N) is 1. The molecule has 0 aromatic heterocycles. The number of para-hydroxylation sites is 1. The Morgan fingerprint density at radius 3 is 1.61 bits per heavy atom. The normalized spacial score (nSPS) is 11.1. The van der Waals surface area contributed by atoms with Gasteiger partial charge in [-0.2, -0.15) is 0 Å². The molecule has 0 unspecified atom stereocenters. The van der Waals surface area contributed by atoms with Gasteiger partial charge in [-0.25, -0.2) is 0 Å². The standard InChI is InChI=1S/C28H47NO2/c1-3-5-7-9-11-13-16-20-25(21-17-14-12-10-8-6-4-2)27(30)24-28(31)29-26-22-18-15-19-23-26/h15,18-19,22-23,25H,3-14,16-17,20-21,24H2,1-2H3,(H,29,31). The van der Waals surface area contributed by atoms with Crippen LogP contribution in [0.15, 0.2) is 30.3 Å². The summed E-state index contributed by atoms with van der Waals surface area (Å²) in [7, 11) is 0. The number of hydrogen-bond acceptors (Lipinski definition) is 2. The largest absolute Gasteiger partial charge is 0.326 e. The molecule has 0 saturated carbocycles. The molecule has 0 heterocycles. The van der Waals surface area contributed by atoms with Gasteiger partial charge in [0, 0.05) is 11.6 Å². The summed E-state index contributed by atoms with van der Waals surface area (Å²) < 4.78 is 0. The molecule has 0 spiro atoms. The van der Waals surface area contributed by atoms with Crippen LogP contribution in [-0.2, 0) is 9.59 Å². The molecular weight excluding hydrogens is 382 g/mol. The van der Waals surface area contributed by atoms with Crippen LogP contribution in [0.4, 0.5) is 5.69 Å². The van der Waals surface area contributed by atoms with E-state index in [0.717, 1.165) is 31.4 Å². The molecule has 176 valence electrons. The highest BCUT2D eigenvalue weighted by molar-refractivity contribution is 6.05. The minimum atomic E-state index is -0.180. The van der Waals surface area contributed by atoms with E-state index in [4.69, 9.17) is 0 Å². The minimum absolute atomic E-state index is 0.00651. The highest BCUT2D eigenvalue weighted by Gasteiger charge is 2.20. The third-order valence-corrected chi connectivity index (χ3v) is 6.16. The van der Waals surface area contributed by atoms with E-state index in [1.54, 1.807) is 0 Å². The maximum Gasteiger partial charge on any atom is 0.231 e. The molecule has 1 aromatic rings. The summed E-state index contributed by atoms with van der Waals surface area (Å²) >= 11 is 0. The van der Waals surface area contributed by atoms with E-state index in [2.05, 4.69) is 19.2 Å². The van der Waals surface area contributed by atoms with Crippen molar-refractivity contribution in [3.63, 3.8) is 0 Å². The topological polar surface area (TPSA) is 46.2 Å². The van der Waals surface area contributed by atoms with Crippen LogP contribution in [0.25, 0.3) is 0 Å². The van der Waals surface area contributed by atoms with Crippen molar-refractivity contribution in [1.29, 1.82) is 0 Å². The average molecular weight is 430 g/mol. The van der Waals surface area contributed by atoms with Crippen molar-refractivity contribution in [1.82, 2.24) is 0 Å². The Morgan fingerprint density at radius 1 is 0.677 bits per heavy atom. The van der Waals surface area contributed by atoms with E-state index in [1.807, 2.05) is 30.3 Å². The Hall–Kier alpha value is -1.64. The highest BCUT2D eigenvalue weighted by Crippen LogP contribution is 2.22. The van der Waals surface area contributed by atoms with Crippen LogP contribution in [0.1, 0.15) is 123 Å². The number of rotatable bonds is 20. The van der Waals surface area contributed by atoms with E-state index < -0.39 is 0 Å². The molecule has 0 fully saturated rings. The Bertz CT molecular complexity index is 552. The zero-order valence-electron chi connectivity index (χ0n) is 20.3. The lowest BCUT2D eigenvalue weighted by Gasteiger charge is -2.16. The van der Waals surface area contributed by atoms with Gasteiger partial charge in [0.1, 0.15) is 5.78 Å². The van der Waals surface area contributed by atoms with Gasteiger partial charge in [-0.1, -0.05) is 122 Å². The first-order chi connectivity index (χ1) is 15.2. The second-order valence-corrected chi connectivity index (χ2v) is 9.07. The minimum Gasteiger partial charge on any atom is -0.326 e. The molecule has 3 nitrogen and oxygen atoms in total. The SMILES string of the molecule is CCCCCCCCCC(CCCCCCCCC)C(=O)CC(=O)Nc1ccccc1. The van der Waals surface area contributed by atoms with Gasteiger partial charge in [0.25, 0.3) is 0 Å². The molecule has 0 aliphatic heterocycles. The summed E-state index contributed by atoms with van der Waals surface area (Å²) in [5.41, 5.74) is 0.760. The number of hydrogen-bond donors (Lipinski definition) is 1. The van der Waals surface area contributed by atoms with Crippen molar-refractivity contribution < 1.29 is 9.59 Å². The number of amides is 1. The number of anilines is 1. The highest BCUT2D eigenvalue weighted by atomic mass is 16.2. The number of ketones is 1. The van der Waals surface area contributed by atoms with Crippen LogP contribution < -0.4 is 5.32 Å². The zero-order chi connectivity index (χ0) is 22.6. The summed E-state index contributed by atoms with van der Waals surface area (Å²) in [4.78, 5) is 25.2. The molecule has 0 radical (unpaired) electrons. The Kier molecular flexibility index (Phi) is 16.9. The van der Waals surface area contributed by atoms with Crippen molar-refractivity contribution in [3.8, 4) is 0 Å². The molecule has 0 atom stereocenters. The van der Waals surface area contributed by atoms with Crippen molar-refractivity contribution in [2.75, 3.05) is 5.32 Å². The second kappa shape index (κ2) is 19.1. The van der Waals surface area contributed by atoms with Gasteiger partial charge < -0.3 is 5.32 Å². The van der Waals surface area contributed by atoms with Crippen LogP contribution in [0.5, 0.6) is 0 Å². The molecule has 0 aliphatic rings. The summed E-state index contributed by atoms with van der Waals surface area (Å²) in [5.74, 6) is -0.00136. The molecule has 1 rings (SSSR count). The van der Waals surface area contributed by atoms with Crippen molar-refractivity contribution >= 4 is 17.4 Å². The van der Waals surface area contributed by atoms with Gasteiger partial charge in [0.2, 0.25) is 5.91 Å². The fourth-order valence-electron chi connectivity index (χ4n) is 4.19. The molecule has 0 aliphatic carbocycles. The quantitative estimate of drug-likeness (QED) is 0.167. The first-order valence-corrected chi connectivity index (χ1v) is 13.0. The maximum absolute atomic E-state index is 12.9. The molecule has 0 bridgehead atoms. The monoisotopic (exact) mass is 429 g/mol. The average Bonchev–Trinajstić information content (AvgIpc) is 2.77. The predicted molar refractivity (Wildman–Crippen MR) is 133 cm³/mol. The maximum atomic E-state index is 12.9. The van der Waals surface area contributed by atoms with Gasteiger partial charge in [-0.3, -0.25) is 9.59 Å². The lowest BCUT2D eigenvalue weighted by molar-refractivity contribution is -0.128. The van der Waals surface area contributed by atoms with E-state index in [1.165, 1.54) is 77.0 Å².